The zero-order chi connectivity index (χ0) is 4.50. The van der Waals surface area contributed by atoms with E-state index in [1.165, 1.54) is 0 Å². The molecule has 0 atom stereocenters. The second-order valence-electron chi connectivity index (χ2n) is 0.396. The predicted molar refractivity (Wildman–Crippen MR) is 2.22 cm³/mol. The van der Waals surface area contributed by atoms with Crippen molar-refractivity contribution in [2.75, 3.05) is 0 Å². The van der Waals surface area contributed by atoms with Crippen LogP contribution >= 0.6 is 0 Å². The first-order valence-electron chi connectivity index (χ1n) is 0.632. The molecule has 0 saturated heterocycles. The van der Waals surface area contributed by atoms with E-state index in [1.54, 1.807) is 0 Å². The first kappa shape index (κ1) is 10.4. The Morgan fingerprint density at radius 2 is 1.17 bits per heavy atom. The van der Waals surface area contributed by atoms with E-state index >= 15 is 0 Å². The van der Waals surface area contributed by atoms with E-state index in [0.29, 0.717) is 0 Å². The van der Waals surface area contributed by atoms with Crippen molar-refractivity contribution < 1.29 is 69.3 Å². The van der Waals surface area contributed by atoms with Gasteiger partial charge in [-0.3, -0.25) is 0 Å². The number of hydrogen-bond donors (Lipinski definition) is 1. The molecule has 0 aromatic carbocycles. The summed E-state index contributed by atoms with van der Waals surface area (Å²) in [5.41, 5.74) is 0. The number of rotatable bonds is 0. The maximum atomic E-state index is 8.60. The minimum atomic E-state index is -4.69. The van der Waals surface area contributed by atoms with Gasteiger partial charge in [0.05, 0.1) is 14.9 Å². The van der Waals surface area contributed by atoms with Gasteiger partial charge in [-0.1, -0.05) is 0 Å². The fourth-order valence-electron chi connectivity index (χ4n) is 0. The summed E-state index contributed by atoms with van der Waals surface area (Å²) in [6, 6.07) is 0. The van der Waals surface area contributed by atoms with E-state index in [2.05, 4.69) is 0 Å². The fourth-order valence-corrected chi connectivity index (χ4v) is 0. The van der Waals surface area contributed by atoms with Gasteiger partial charge in [0.2, 0.25) is 0 Å². The summed E-state index contributed by atoms with van der Waals surface area (Å²) in [6.45, 7) is 0. The Morgan fingerprint density at radius 1 is 1.17 bits per heavy atom. The Bertz CT molecular complexity index is 23.0. The van der Waals surface area contributed by atoms with Crippen molar-refractivity contribution in [3.63, 3.8) is 0 Å². The molecule has 0 rings (SSSR count). The average Bonchev–Trinajstić information content (AvgIpc) is 0.722. The summed E-state index contributed by atoms with van der Waals surface area (Å²) in [4.78, 5) is 0. The monoisotopic (exact) mass is 252 g/mol. The van der Waals surface area contributed by atoms with Crippen LogP contribution in [0.1, 0.15) is 0 Å². The van der Waals surface area contributed by atoms with Crippen LogP contribution in [-0.4, -0.2) is 4.66 Å². The smallest absolute Gasteiger partial charge is 0.0777 e. The molecule has 38 valence electrons. The van der Waals surface area contributed by atoms with Crippen LogP contribution < -0.4 is 14.0 Å². The van der Waals surface area contributed by atoms with Crippen molar-refractivity contribution in [2.45, 2.75) is 0 Å². The molecule has 6 heteroatoms. The van der Waals surface area contributed by atoms with Crippen LogP contribution in [0.25, 0.3) is 0 Å². The molecule has 0 spiro atoms. The zero-order valence-electron chi connectivity index (χ0n) is 2.46. The fraction of sp³-hybridized carbons (Fsp3) is 0. The van der Waals surface area contributed by atoms with Crippen molar-refractivity contribution in [1.82, 2.24) is 0 Å². The van der Waals surface area contributed by atoms with Crippen molar-refractivity contribution in [3.8, 4) is 0 Å². The van der Waals surface area contributed by atoms with E-state index in [0.717, 1.165) is 0 Å². The van der Waals surface area contributed by atoms with Gasteiger partial charge in [-0.05, 0) is 0 Å². The van der Waals surface area contributed by atoms with Gasteiger partial charge >= 0.3 is 0 Å². The summed E-state index contributed by atoms with van der Waals surface area (Å²) in [7, 11) is -4.69. The summed E-state index contributed by atoms with van der Waals surface area (Å²) in [5.74, 6) is 0. The standard InChI is InChI=1S/ClHO4.Sm/c2-1(3,4)5;/h(H,2,3,4,5);. The summed E-state index contributed by atoms with van der Waals surface area (Å²) in [5, 5.41) is 0. The van der Waals surface area contributed by atoms with E-state index in [-0.39, 0.29) is 40.4 Å². The molecule has 0 aromatic heterocycles. The van der Waals surface area contributed by atoms with Gasteiger partial charge in [-0.15, -0.1) is 0 Å². The van der Waals surface area contributed by atoms with Crippen LogP contribution in [0.15, 0.2) is 0 Å². The van der Waals surface area contributed by atoms with E-state index in [1.807, 2.05) is 0 Å². The Balaban J connectivity index is 0. The minimum Gasteiger partial charge on any atom is -0.183 e. The quantitative estimate of drug-likeness (QED) is 0.473. The largest absolute Gasteiger partial charge is 0.183 e. The molecule has 0 aliphatic heterocycles. The average molecular weight is 251 g/mol. The Hall–Kier alpha value is 1.47. The molecule has 0 aliphatic carbocycles. The van der Waals surface area contributed by atoms with Crippen LogP contribution in [-0.2, 0) is 0 Å². The predicted octanol–water partition coefficient (Wildman–Crippen LogP) is -4.12. The van der Waals surface area contributed by atoms with E-state index in [9.17, 15) is 0 Å². The third-order valence-corrected chi connectivity index (χ3v) is 0. The van der Waals surface area contributed by atoms with Gasteiger partial charge in [-0.25, -0.2) is 0 Å². The maximum absolute atomic E-state index is 8.60. The Labute approximate surface area is 68.6 Å². The van der Waals surface area contributed by atoms with Crippen molar-refractivity contribution in [1.29, 1.82) is 0 Å². The van der Waals surface area contributed by atoms with Gasteiger partial charge in [0.15, 0.2) is 0 Å². The molecular formula is HClO4Sm. The summed E-state index contributed by atoms with van der Waals surface area (Å²) >= 11 is 0. The van der Waals surface area contributed by atoms with Crippen LogP contribution in [0.3, 0.4) is 0 Å². The Morgan fingerprint density at radius 3 is 1.17 bits per heavy atom. The van der Waals surface area contributed by atoms with Gasteiger partial charge in [0.25, 0.3) is 0 Å². The molecule has 0 unspecified atom stereocenters. The van der Waals surface area contributed by atoms with Crippen LogP contribution in [0.4, 0.5) is 0 Å². The molecule has 0 aliphatic rings. The molecule has 0 bridgehead atoms. The summed E-state index contributed by atoms with van der Waals surface area (Å²) in [6.07, 6.45) is 0. The second-order valence-corrected chi connectivity index (χ2v) is 1.19. The molecule has 0 heterocycles. The van der Waals surface area contributed by atoms with Crippen LogP contribution in [0, 0.1) is 50.6 Å². The zero-order valence-corrected chi connectivity index (χ0v) is 5.83. The first-order chi connectivity index (χ1) is 2.00. The van der Waals surface area contributed by atoms with Gasteiger partial charge in [0.1, 0.15) is 0 Å². The minimum absolute atomic E-state index is 0. The Kier molecular flexibility index (Phi) is 6.04. The molecule has 0 saturated carbocycles. The van der Waals surface area contributed by atoms with E-state index < -0.39 is 10.2 Å². The maximum Gasteiger partial charge on any atom is 0.0777 e. The molecule has 0 radical (unpaired) electrons. The van der Waals surface area contributed by atoms with Crippen molar-refractivity contribution >= 4 is 0 Å². The molecular weight excluding hydrogens is 250 g/mol. The molecule has 0 aromatic rings. The van der Waals surface area contributed by atoms with Crippen LogP contribution in [0.5, 0.6) is 0 Å². The topological polar surface area (TPSA) is 89.4 Å². The van der Waals surface area contributed by atoms with Gasteiger partial charge < -0.3 is 0 Å². The molecule has 0 fully saturated rings. The van der Waals surface area contributed by atoms with Crippen molar-refractivity contribution in [2.24, 2.45) is 0 Å². The SMILES string of the molecule is [O-][Cl+3]([O-])([O-])O.[Sm]. The van der Waals surface area contributed by atoms with Crippen molar-refractivity contribution in [3.05, 3.63) is 0 Å². The number of hydrogen-bond acceptors (Lipinski definition) is 4. The second kappa shape index (κ2) is 3.47. The van der Waals surface area contributed by atoms with Gasteiger partial charge in [0, 0.05) is 40.4 Å². The number of halogens is 1. The molecule has 6 heavy (non-hydrogen) atoms. The third kappa shape index (κ3) is 50.7. The van der Waals surface area contributed by atoms with Crippen LogP contribution in [0.2, 0.25) is 0 Å². The molecule has 0 amide bonds. The normalized spacial score (nSPS) is 10.0. The van der Waals surface area contributed by atoms with E-state index in [4.69, 9.17) is 18.6 Å². The third-order valence-electron chi connectivity index (χ3n) is 0. The molecule has 4 nitrogen and oxygen atoms in total. The summed E-state index contributed by atoms with van der Waals surface area (Å²) < 4.78 is 32.7. The molecule has 1 N–H and O–H groups in total. The van der Waals surface area contributed by atoms with Gasteiger partial charge in [-0.2, -0.15) is 14.0 Å². The first-order valence-corrected chi connectivity index (χ1v) is 1.90.